The summed E-state index contributed by atoms with van der Waals surface area (Å²) in [5.41, 5.74) is -3.15. The molecule has 0 spiro atoms. The zero-order valence-electron chi connectivity index (χ0n) is 16.4. The van der Waals surface area contributed by atoms with Gasteiger partial charge in [-0.2, -0.15) is 13.2 Å². The maximum Gasteiger partial charge on any atom is 0.417 e. The van der Waals surface area contributed by atoms with Gasteiger partial charge in [-0.1, -0.05) is 37.5 Å². The first kappa shape index (κ1) is 22.5. The van der Waals surface area contributed by atoms with E-state index in [-0.39, 0.29) is 17.2 Å². The van der Waals surface area contributed by atoms with Gasteiger partial charge in [-0.15, -0.1) is 0 Å². The highest BCUT2D eigenvalue weighted by Crippen LogP contribution is 2.40. The van der Waals surface area contributed by atoms with Gasteiger partial charge < -0.3 is 5.32 Å². The lowest BCUT2D eigenvalue weighted by molar-refractivity contribution is -0.383. The van der Waals surface area contributed by atoms with Crippen LogP contribution < -0.4 is 5.32 Å². The first-order valence-corrected chi connectivity index (χ1v) is 9.80. The normalized spacial score (nSPS) is 15.2. The molecule has 1 saturated carbocycles. The Bertz CT molecular complexity index is 1010. The molecule has 0 radical (unpaired) electrons. The molecule has 0 atom stereocenters. The number of amides is 1. The van der Waals surface area contributed by atoms with Gasteiger partial charge in [0, 0.05) is 11.6 Å². The van der Waals surface area contributed by atoms with E-state index in [0.717, 1.165) is 62.4 Å². The smallest absolute Gasteiger partial charge is 0.317 e. The van der Waals surface area contributed by atoms with Crippen molar-refractivity contribution in [1.29, 1.82) is 0 Å². The van der Waals surface area contributed by atoms with Gasteiger partial charge in [-0.25, -0.2) is 4.39 Å². The maximum atomic E-state index is 14.2. The first-order valence-electron chi connectivity index (χ1n) is 9.80. The summed E-state index contributed by atoms with van der Waals surface area (Å²) in [5, 5.41) is 13.9. The lowest BCUT2D eigenvalue weighted by Gasteiger charge is -2.17. The van der Waals surface area contributed by atoms with E-state index in [1.165, 1.54) is 6.08 Å². The van der Waals surface area contributed by atoms with Gasteiger partial charge in [0.2, 0.25) is 5.91 Å². The number of alkyl halides is 3. The molecule has 0 saturated heterocycles. The van der Waals surface area contributed by atoms with Gasteiger partial charge in [-0.3, -0.25) is 14.9 Å². The topological polar surface area (TPSA) is 72.2 Å². The molecule has 0 heterocycles. The summed E-state index contributed by atoms with van der Waals surface area (Å²) in [6.45, 7) is 0. The van der Waals surface area contributed by atoms with Crippen LogP contribution in [0.1, 0.15) is 37.7 Å². The van der Waals surface area contributed by atoms with Crippen molar-refractivity contribution in [3.63, 3.8) is 0 Å². The van der Waals surface area contributed by atoms with E-state index >= 15 is 0 Å². The molecule has 164 valence electrons. The first-order chi connectivity index (χ1) is 14.7. The number of allylic oxidation sites excluding steroid dienone is 1. The van der Waals surface area contributed by atoms with Crippen LogP contribution in [-0.4, -0.2) is 10.8 Å². The number of halogens is 4. The number of hydrogen-bond acceptors (Lipinski definition) is 3. The van der Waals surface area contributed by atoms with Gasteiger partial charge in [-0.05, 0) is 48.6 Å². The second-order valence-electron chi connectivity index (χ2n) is 7.40. The van der Waals surface area contributed by atoms with Crippen LogP contribution in [-0.2, 0) is 11.0 Å². The summed E-state index contributed by atoms with van der Waals surface area (Å²) in [6, 6.07) is 5.52. The molecular weight excluding hydrogens is 416 g/mol. The molecule has 0 aliphatic heterocycles. The number of nitrogens with zero attached hydrogens (tertiary/aromatic N) is 1. The zero-order chi connectivity index (χ0) is 22.6. The van der Waals surface area contributed by atoms with Crippen LogP contribution in [0.4, 0.5) is 28.9 Å². The molecule has 1 N–H and O–H groups in total. The summed E-state index contributed by atoms with van der Waals surface area (Å²) in [5.74, 6) is -1.46. The Morgan fingerprint density at radius 1 is 1.13 bits per heavy atom. The average Bonchev–Trinajstić information content (AvgIpc) is 2.72. The van der Waals surface area contributed by atoms with E-state index in [9.17, 15) is 32.5 Å². The number of nitro benzene ring substituents is 1. The molecule has 0 aromatic heterocycles. The highest BCUT2D eigenvalue weighted by atomic mass is 19.4. The van der Waals surface area contributed by atoms with Crippen LogP contribution in [0.2, 0.25) is 0 Å². The van der Waals surface area contributed by atoms with Gasteiger partial charge in [0.05, 0.1) is 10.5 Å². The van der Waals surface area contributed by atoms with E-state index in [4.69, 9.17) is 0 Å². The van der Waals surface area contributed by atoms with Crippen molar-refractivity contribution < 1.29 is 27.3 Å². The summed E-state index contributed by atoms with van der Waals surface area (Å²) in [7, 11) is 0. The van der Waals surface area contributed by atoms with Crippen molar-refractivity contribution in [1.82, 2.24) is 0 Å². The Morgan fingerprint density at radius 2 is 1.84 bits per heavy atom. The second kappa shape index (κ2) is 9.28. The fourth-order valence-corrected chi connectivity index (χ4v) is 3.72. The third kappa shape index (κ3) is 5.48. The van der Waals surface area contributed by atoms with Crippen LogP contribution >= 0.6 is 0 Å². The number of anilines is 1. The van der Waals surface area contributed by atoms with Gasteiger partial charge in [0.15, 0.2) is 0 Å². The van der Waals surface area contributed by atoms with E-state index in [1.54, 1.807) is 6.08 Å². The van der Waals surface area contributed by atoms with Crippen molar-refractivity contribution in [3.8, 4) is 11.1 Å². The number of hydrogen-bond donors (Lipinski definition) is 1. The van der Waals surface area contributed by atoms with Gasteiger partial charge in [0.1, 0.15) is 11.5 Å². The van der Waals surface area contributed by atoms with E-state index in [0.29, 0.717) is 6.07 Å². The minimum absolute atomic E-state index is 0.183. The minimum Gasteiger partial charge on any atom is -0.317 e. The van der Waals surface area contributed by atoms with Crippen LogP contribution in [0.15, 0.2) is 48.6 Å². The lowest BCUT2D eigenvalue weighted by atomic mass is 9.89. The molecule has 31 heavy (non-hydrogen) atoms. The number of carbonyl (C=O) groups is 1. The molecule has 9 heteroatoms. The third-order valence-electron chi connectivity index (χ3n) is 5.23. The number of rotatable bonds is 5. The number of benzene rings is 2. The minimum atomic E-state index is -4.84. The molecule has 0 unspecified atom stereocenters. The van der Waals surface area contributed by atoms with Crippen molar-refractivity contribution in [2.24, 2.45) is 5.92 Å². The Kier molecular flexibility index (Phi) is 6.72. The molecule has 1 aliphatic rings. The van der Waals surface area contributed by atoms with Gasteiger partial charge >= 0.3 is 6.18 Å². The van der Waals surface area contributed by atoms with Crippen LogP contribution in [0, 0.1) is 21.8 Å². The lowest BCUT2D eigenvalue weighted by Crippen LogP contribution is -2.12. The highest BCUT2D eigenvalue weighted by Gasteiger charge is 2.35. The molecule has 2 aromatic rings. The van der Waals surface area contributed by atoms with Crippen molar-refractivity contribution in [2.45, 2.75) is 38.3 Å². The molecule has 2 aromatic carbocycles. The van der Waals surface area contributed by atoms with Gasteiger partial charge in [0.25, 0.3) is 5.69 Å². The zero-order valence-corrected chi connectivity index (χ0v) is 16.4. The molecule has 3 rings (SSSR count). The average molecular weight is 436 g/mol. The summed E-state index contributed by atoms with van der Waals surface area (Å²) in [6.07, 6.45) is 3.51. The maximum absolute atomic E-state index is 14.2. The van der Waals surface area contributed by atoms with Crippen molar-refractivity contribution in [3.05, 3.63) is 70.0 Å². The SMILES string of the molecule is O=C(/C=C/C1CCCCC1)Nc1ccc(-c2c(F)cccc2C(F)(F)F)cc1[N+](=O)[O-]. The van der Waals surface area contributed by atoms with Crippen LogP contribution in [0.3, 0.4) is 0 Å². The standard InChI is InChI=1S/C22H20F4N2O3/c23-17-8-4-7-16(22(24,25)26)21(17)15-10-11-18(19(13-15)28(30)31)27-20(29)12-9-14-5-2-1-3-6-14/h4,7-14H,1-3,5-6H2,(H,27,29)/b12-9+. The Morgan fingerprint density at radius 3 is 2.48 bits per heavy atom. The number of nitrogens with one attached hydrogen (secondary N) is 1. The fourth-order valence-electron chi connectivity index (χ4n) is 3.72. The predicted octanol–water partition coefficient (Wildman–Crippen LogP) is 6.49. The number of nitro groups is 1. The van der Waals surface area contributed by atoms with E-state index in [2.05, 4.69) is 5.32 Å². The van der Waals surface area contributed by atoms with E-state index < -0.39 is 39.6 Å². The third-order valence-corrected chi connectivity index (χ3v) is 5.23. The Hall–Kier alpha value is -3.23. The molecule has 5 nitrogen and oxygen atoms in total. The fraction of sp³-hybridized carbons (Fsp3) is 0.318. The Labute approximate surface area is 175 Å². The molecule has 1 aliphatic carbocycles. The molecule has 1 fully saturated rings. The number of carbonyl (C=O) groups excluding carboxylic acids is 1. The molecular formula is C22H20F4N2O3. The van der Waals surface area contributed by atoms with Crippen LogP contribution in [0.25, 0.3) is 11.1 Å². The summed E-state index contributed by atoms with van der Waals surface area (Å²) in [4.78, 5) is 22.8. The Balaban J connectivity index is 1.90. The predicted molar refractivity (Wildman–Crippen MR) is 108 cm³/mol. The highest BCUT2D eigenvalue weighted by molar-refractivity contribution is 6.01. The molecule has 0 bridgehead atoms. The largest absolute Gasteiger partial charge is 0.417 e. The summed E-state index contributed by atoms with van der Waals surface area (Å²) < 4.78 is 54.1. The van der Waals surface area contributed by atoms with Crippen molar-refractivity contribution in [2.75, 3.05) is 5.32 Å². The van der Waals surface area contributed by atoms with Crippen molar-refractivity contribution >= 4 is 17.3 Å². The van der Waals surface area contributed by atoms with Crippen LogP contribution in [0.5, 0.6) is 0 Å². The van der Waals surface area contributed by atoms with E-state index in [1.807, 2.05) is 0 Å². The molecule has 1 amide bonds. The quantitative estimate of drug-likeness (QED) is 0.252. The second-order valence-corrected chi connectivity index (χ2v) is 7.40. The summed E-state index contributed by atoms with van der Waals surface area (Å²) >= 11 is 0. The monoisotopic (exact) mass is 436 g/mol.